The molecule has 0 unspecified atom stereocenters. The molecule has 142 valence electrons. The molecule has 1 aromatic heterocycles. The molecule has 4 heterocycles. The van der Waals surface area contributed by atoms with Crippen LogP contribution in [0.3, 0.4) is 0 Å². The van der Waals surface area contributed by atoms with Crippen molar-refractivity contribution in [2.45, 2.75) is 45.1 Å². The molecule has 0 bridgehead atoms. The van der Waals surface area contributed by atoms with E-state index < -0.39 is 0 Å². The van der Waals surface area contributed by atoms with E-state index in [-0.39, 0.29) is 5.41 Å². The normalized spacial score (nSPS) is 29.0. The third-order valence-electron chi connectivity index (χ3n) is 6.24. The van der Waals surface area contributed by atoms with Crippen LogP contribution in [0.1, 0.15) is 44.8 Å². The van der Waals surface area contributed by atoms with Crippen molar-refractivity contribution in [1.82, 2.24) is 9.80 Å². The van der Waals surface area contributed by atoms with Gasteiger partial charge in [-0.2, -0.15) is 0 Å². The number of hydrogen-bond acceptors (Lipinski definition) is 4. The minimum atomic E-state index is -0.151. The lowest BCUT2D eigenvalue weighted by atomic mass is 9.77. The van der Waals surface area contributed by atoms with Crippen molar-refractivity contribution in [1.29, 1.82) is 0 Å². The Kier molecular flexibility index (Phi) is 5.18. The van der Waals surface area contributed by atoms with Crippen LogP contribution in [0.4, 0.5) is 0 Å². The number of hydrogen-bond donors (Lipinski definition) is 0. The molecular weight excluding hydrogens is 328 g/mol. The molecule has 0 radical (unpaired) electrons. The molecule has 5 heteroatoms. The monoisotopic (exact) mass is 358 g/mol. The number of ether oxygens (including phenoxy) is 1. The van der Waals surface area contributed by atoms with Crippen molar-refractivity contribution < 1.29 is 13.9 Å². The number of carbonyl (C=O) groups is 1. The molecule has 1 amide bonds. The molecule has 5 nitrogen and oxygen atoms in total. The Bertz CT molecular complexity index is 648. The second-order valence-corrected chi connectivity index (χ2v) is 8.19. The number of likely N-dealkylation sites (tertiary alicyclic amines) is 2. The van der Waals surface area contributed by atoms with E-state index in [9.17, 15) is 4.79 Å². The zero-order chi connectivity index (χ0) is 18.0. The van der Waals surface area contributed by atoms with E-state index in [1.807, 2.05) is 12.1 Å². The average Bonchev–Trinajstić information content (AvgIpc) is 3.29. The molecule has 3 aliphatic rings. The van der Waals surface area contributed by atoms with Gasteiger partial charge in [0.2, 0.25) is 5.91 Å². The van der Waals surface area contributed by atoms with Gasteiger partial charge in [-0.1, -0.05) is 5.57 Å². The Morgan fingerprint density at radius 1 is 1.31 bits per heavy atom. The van der Waals surface area contributed by atoms with Gasteiger partial charge in [0.25, 0.3) is 0 Å². The largest absolute Gasteiger partial charge is 0.465 e. The van der Waals surface area contributed by atoms with Gasteiger partial charge in [0.1, 0.15) is 5.76 Å². The number of piperidine rings is 1. The Balaban J connectivity index is 1.40. The van der Waals surface area contributed by atoms with E-state index in [1.165, 1.54) is 5.57 Å². The highest BCUT2D eigenvalue weighted by Gasteiger charge is 2.49. The van der Waals surface area contributed by atoms with Crippen molar-refractivity contribution in [2.75, 3.05) is 39.4 Å². The van der Waals surface area contributed by atoms with Gasteiger partial charge in [-0.15, -0.1) is 0 Å². The summed E-state index contributed by atoms with van der Waals surface area (Å²) in [6, 6.07) is 4.28. The van der Waals surface area contributed by atoms with E-state index in [1.54, 1.807) is 6.26 Å². The molecule has 3 fully saturated rings. The molecule has 1 spiro atoms. The number of rotatable bonds is 4. The van der Waals surface area contributed by atoms with Gasteiger partial charge >= 0.3 is 0 Å². The number of amides is 1. The van der Waals surface area contributed by atoms with Gasteiger partial charge in [-0.05, 0) is 63.8 Å². The highest BCUT2D eigenvalue weighted by Crippen LogP contribution is 2.41. The lowest BCUT2D eigenvalue weighted by molar-refractivity contribution is -0.150. The van der Waals surface area contributed by atoms with Crippen LogP contribution in [-0.2, 0) is 9.53 Å². The summed E-state index contributed by atoms with van der Waals surface area (Å²) in [4.78, 5) is 18.0. The summed E-state index contributed by atoms with van der Waals surface area (Å²) in [5, 5.41) is 0. The molecule has 4 rings (SSSR count). The summed E-state index contributed by atoms with van der Waals surface area (Å²) < 4.78 is 10.9. The molecule has 3 aliphatic heterocycles. The fourth-order valence-electron chi connectivity index (χ4n) is 4.93. The molecule has 3 saturated heterocycles. The summed E-state index contributed by atoms with van der Waals surface area (Å²) in [6.07, 6.45) is 8.98. The lowest BCUT2D eigenvalue weighted by Crippen LogP contribution is -2.54. The first-order valence-electron chi connectivity index (χ1n) is 9.98. The maximum atomic E-state index is 13.4. The Morgan fingerprint density at radius 3 is 2.92 bits per heavy atom. The third-order valence-corrected chi connectivity index (χ3v) is 6.24. The van der Waals surface area contributed by atoms with Crippen LogP contribution in [-0.4, -0.2) is 61.1 Å². The van der Waals surface area contributed by atoms with Crippen LogP contribution in [0.25, 0.3) is 6.08 Å². The van der Waals surface area contributed by atoms with Crippen molar-refractivity contribution in [3.05, 3.63) is 29.7 Å². The summed E-state index contributed by atoms with van der Waals surface area (Å²) >= 11 is 0. The van der Waals surface area contributed by atoms with Gasteiger partial charge < -0.3 is 14.1 Å². The predicted octanol–water partition coefficient (Wildman–Crippen LogP) is 3.18. The molecule has 26 heavy (non-hydrogen) atoms. The predicted molar refractivity (Wildman–Crippen MR) is 101 cm³/mol. The van der Waals surface area contributed by atoms with Gasteiger partial charge in [0.05, 0.1) is 11.7 Å². The summed E-state index contributed by atoms with van der Waals surface area (Å²) in [5.41, 5.74) is 1.13. The number of carbonyl (C=O) groups excluding carboxylic acids is 1. The first-order valence-corrected chi connectivity index (χ1v) is 9.98. The zero-order valence-electron chi connectivity index (χ0n) is 15.8. The molecule has 0 saturated carbocycles. The van der Waals surface area contributed by atoms with Crippen molar-refractivity contribution in [3.8, 4) is 0 Å². The van der Waals surface area contributed by atoms with E-state index >= 15 is 0 Å². The third kappa shape index (κ3) is 3.60. The molecule has 1 aromatic rings. The minimum absolute atomic E-state index is 0.151. The Hall–Kier alpha value is -1.59. The maximum Gasteiger partial charge on any atom is 0.230 e. The standard InChI is InChI=1S/C21H30N2O3/c1-17(14-19-4-2-11-26-19)15-22-10-8-21(16-22)7-3-9-23(20(21)24)18-5-12-25-13-6-18/h2,4,11,14,18H,3,5-10,12-13,15-16H2,1H3/b17-14+/t21-/m0/s1. The highest BCUT2D eigenvalue weighted by molar-refractivity contribution is 5.84. The van der Waals surface area contributed by atoms with E-state index in [0.717, 1.165) is 77.3 Å². The van der Waals surface area contributed by atoms with Crippen molar-refractivity contribution in [3.63, 3.8) is 0 Å². The molecule has 0 aromatic carbocycles. The number of nitrogens with zero attached hydrogens (tertiary/aromatic N) is 2. The van der Waals surface area contributed by atoms with Crippen molar-refractivity contribution in [2.24, 2.45) is 5.41 Å². The van der Waals surface area contributed by atoms with Crippen LogP contribution in [0.15, 0.2) is 28.4 Å². The maximum absolute atomic E-state index is 13.4. The van der Waals surface area contributed by atoms with Crippen molar-refractivity contribution >= 4 is 12.0 Å². The van der Waals surface area contributed by atoms with Crippen LogP contribution >= 0.6 is 0 Å². The summed E-state index contributed by atoms with van der Waals surface area (Å²) in [6.45, 7) is 7.49. The first-order chi connectivity index (χ1) is 12.7. The quantitative estimate of drug-likeness (QED) is 0.829. The SMILES string of the molecule is C/C(=C\c1ccco1)CN1CC[C@@]2(CCCN(C3CCOCC3)C2=O)C1. The second kappa shape index (κ2) is 7.57. The second-order valence-electron chi connectivity index (χ2n) is 8.19. The van der Waals surface area contributed by atoms with Crippen LogP contribution < -0.4 is 0 Å². The Labute approximate surface area is 156 Å². The fourth-order valence-corrected chi connectivity index (χ4v) is 4.93. The van der Waals surface area contributed by atoms with Crippen LogP contribution in [0.2, 0.25) is 0 Å². The van der Waals surface area contributed by atoms with E-state index in [4.69, 9.17) is 9.15 Å². The molecule has 1 atom stereocenters. The van der Waals surface area contributed by atoms with E-state index in [2.05, 4.69) is 22.8 Å². The smallest absolute Gasteiger partial charge is 0.230 e. The van der Waals surface area contributed by atoms with Crippen LogP contribution in [0, 0.1) is 5.41 Å². The zero-order valence-corrected chi connectivity index (χ0v) is 15.8. The molecular formula is C21H30N2O3. The highest BCUT2D eigenvalue weighted by atomic mass is 16.5. The number of furan rings is 1. The van der Waals surface area contributed by atoms with Gasteiger partial charge in [-0.25, -0.2) is 0 Å². The van der Waals surface area contributed by atoms with Gasteiger partial charge in [0, 0.05) is 38.9 Å². The minimum Gasteiger partial charge on any atom is -0.465 e. The summed E-state index contributed by atoms with van der Waals surface area (Å²) in [5.74, 6) is 1.31. The van der Waals surface area contributed by atoms with Gasteiger partial charge in [-0.3, -0.25) is 9.69 Å². The first kappa shape index (κ1) is 17.8. The average molecular weight is 358 g/mol. The van der Waals surface area contributed by atoms with E-state index in [0.29, 0.717) is 11.9 Å². The van der Waals surface area contributed by atoms with Gasteiger partial charge in [0.15, 0.2) is 0 Å². The topological polar surface area (TPSA) is 45.9 Å². The Morgan fingerprint density at radius 2 is 2.15 bits per heavy atom. The summed E-state index contributed by atoms with van der Waals surface area (Å²) in [7, 11) is 0. The fraction of sp³-hybridized carbons (Fsp3) is 0.667. The molecule has 0 N–H and O–H groups in total. The lowest BCUT2D eigenvalue weighted by Gasteiger charge is -2.44. The van der Waals surface area contributed by atoms with Crippen LogP contribution in [0.5, 0.6) is 0 Å². The molecule has 0 aliphatic carbocycles.